The van der Waals surface area contributed by atoms with E-state index in [0.717, 1.165) is 63.8 Å². The molecule has 0 fully saturated rings. The standard InChI is InChI=1S/C27H24F3N5O3.C24H17F3IN5O2.C24H18F3N5O2/c1-6-33-24(36)22(16(2)34(25(33)37)20-9-7-8-17(14-20)27(28,29)30)23-21(26(3,4)38)15-32-35(23)19-12-10-18(31-5)11-13-19;1-4-31-22(34)20(21-19(28)13-30-33(21)17-10-8-16(29-3)9-11-17)14(2)32(23(31)35)18-7-5-6-15(12-18)24(25,26)27;1-4-30-22(33)21(20-12-13-29-32(20)18-10-8-17(28-3)9-11-18)15(2)31(23(30)34)19-7-5-6-16(14-19)24(25,26)27/h7-15,38H,6H2,1-4H3;5-13H,4H2,1-2H3;5-14H,4H2,1-2H3. The van der Waals surface area contributed by atoms with Crippen molar-refractivity contribution in [2.45, 2.75) is 99.2 Å². The summed E-state index contributed by atoms with van der Waals surface area (Å²) in [6, 6.07) is 34.2. The molecule has 0 aliphatic heterocycles. The van der Waals surface area contributed by atoms with Crippen molar-refractivity contribution in [3.05, 3.63) is 310 Å². The van der Waals surface area contributed by atoms with Crippen molar-refractivity contribution in [1.82, 2.24) is 56.7 Å². The normalized spacial score (nSPS) is 11.6. The minimum atomic E-state index is -4.64. The lowest BCUT2D eigenvalue weighted by Gasteiger charge is -2.22. The van der Waals surface area contributed by atoms with Crippen molar-refractivity contribution < 1.29 is 44.6 Å². The Hall–Kier alpha value is -12.5. The molecule has 12 rings (SSSR count). The van der Waals surface area contributed by atoms with Crippen LogP contribution in [0, 0.1) is 44.1 Å². The second-order valence-corrected chi connectivity index (χ2v) is 25.3. The first-order valence-electron chi connectivity index (χ1n) is 32.2. The zero-order valence-electron chi connectivity index (χ0n) is 57.7. The van der Waals surface area contributed by atoms with E-state index in [4.69, 9.17) is 19.7 Å². The van der Waals surface area contributed by atoms with E-state index >= 15 is 0 Å². The summed E-state index contributed by atoms with van der Waals surface area (Å²) in [6.07, 6.45) is -9.40. The lowest BCUT2D eigenvalue weighted by molar-refractivity contribution is -0.138. The Morgan fingerprint density at radius 1 is 0.421 bits per heavy atom. The van der Waals surface area contributed by atoms with Gasteiger partial charge >= 0.3 is 35.6 Å². The predicted octanol–water partition coefficient (Wildman–Crippen LogP) is 15.1. The van der Waals surface area contributed by atoms with E-state index in [9.17, 15) is 73.4 Å². The molecule has 32 heteroatoms. The Bertz CT molecular complexity index is 5970. The first-order valence-corrected chi connectivity index (χ1v) is 33.3. The number of hydrogen-bond donors (Lipinski definition) is 1. The summed E-state index contributed by atoms with van der Waals surface area (Å²) in [5.74, 6) is 0. The minimum Gasteiger partial charge on any atom is -0.386 e. The first kappa shape index (κ1) is 77.1. The molecule has 1 N–H and O–H groups in total. The Labute approximate surface area is 614 Å². The van der Waals surface area contributed by atoms with Gasteiger partial charge in [-0.15, -0.1) is 0 Å². The molecular formula is C75H59F9IN15O7. The van der Waals surface area contributed by atoms with Crippen molar-refractivity contribution in [3.63, 3.8) is 0 Å². The lowest BCUT2D eigenvalue weighted by atomic mass is 9.95. The van der Waals surface area contributed by atoms with Gasteiger partial charge in [0.1, 0.15) is 0 Å². The molecule has 22 nitrogen and oxygen atoms in total. The summed E-state index contributed by atoms with van der Waals surface area (Å²) >= 11 is 2.02. The molecule has 6 aromatic heterocycles. The minimum absolute atomic E-state index is 0.00624. The average Bonchev–Trinajstić information content (AvgIpc) is 1.71. The van der Waals surface area contributed by atoms with Gasteiger partial charge in [-0.3, -0.25) is 41.8 Å². The second kappa shape index (κ2) is 30.3. The zero-order valence-corrected chi connectivity index (χ0v) is 59.8. The summed E-state index contributed by atoms with van der Waals surface area (Å²) < 4.78 is 132. The van der Waals surface area contributed by atoms with E-state index in [1.807, 2.05) is 22.6 Å². The fourth-order valence-electron chi connectivity index (χ4n) is 12.0. The fourth-order valence-corrected chi connectivity index (χ4v) is 12.6. The Kier molecular flexibility index (Phi) is 21.9. The van der Waals surface area contributed by atoms with Gasteiger partial charge < -0.3 is 5.11 Å². The summed E-state index contributed by atoms with van der Waals surface area (Å²) in [7, 11) is 0. The maximum Gasteiger partial charge on any atom is 0.416 e. The summed E-state index contributed by atoms with van der Waals surface area (Å²) in [4.78, 5) is 90.4. The van der Waals surface area contributed by atoms with Crippen molar-refractivity contribution in [1.29, 1.82) is 0 Å². The number of halogens is 10. The third kappa shape index (κ3) is 15.1. The zero-order chi connectivity index (χ0) is 78.1. The maximum atomic E-state index is 13.7. The van der Waals surface area contributed by atoms with Crippen LogP contribution in [-0.2, 0) is 43.8 Å². The van der Waals surface area contributed by atoms with Crippen LogP contribution in [0.4, 0.5) is 56.6 Å². The molecule has 6 aromatic carbocycles. The first-order chi connectivity index (χ1) is 50.5. The van der Waals surface area contributed by atoms with Crippen molar-refractivity contribution in [2.24, 2.45) is 0 Å². The molecule has 6 heterocycles. The van der Waals surface area contributed by atoms with Crippen LogP contribution in [0.3, 0.4) is 0 Å². The highest BCUT2D eigenvalue weighted by molar-refractivity contribution is 14.1. The van der Waals surface area contributed by atoms with Crippen LogP contribution in [0.25, 0.3) is 82.4 Å². The van der Waals surface area contributed by atoms with E-state index in [1.54, 1.807) is 106 Å². The van der Waals surface area contributed by atoms with Crippen LogP contribution in [0.2, 0.25) is 0 Å². The number of aliphatic hydroxyl groups is 1. The van der Waals surface area contributed by atoms with Gasteiger partial charge in [0.2, 0.25) is 0 Å². The highest BCUT2D eigenvalue weighted by Crippen LogP contribution is 2.38. The Balaban J connectivity index is 0.000000172. The van der Waals surface area contributed by atoms with Crippen LogP contribution >= 0.6 is 22.6 Å². The van der Waals surface area contributed by atoms with Gasteiger partial charge in [0, 0.05) is 42.3 Å². The van der Waals surface area contributed by atoms with Gasteiger partial charge in [-0.25, -0.2) is 43.0 Å². The van der Waals surface area contributed by atoms with Crippen molar-refractivity contribution in [2.75, 3.05) is 0 Å². The molecule has 0 amide bonds. The molecule has 0 atom stereocenters. The fraction of sp³-hybridized carbons (Fsp3) is 0.200. The number of nitrogens with zero attached hydrogens (tertiary/aromatic N) is 15. The summed E-state index contributed by atoms with van der Waals surface area (Å²) in [6.45, 7) is 33.7. The van der Waals surface area contributed by atoms with Gasteiger partial charge in [0.25, 0.3) is 16.7 Å². The van der Waals surface area contributed by atoms with Crippen molar-refractivity contribution >= 4 is 39.7 Å². The van der Waals surface area contributed by atoms with Crippen LogP contribution in [0.5, 0.6) is 0 Å². The topological polar surface area (TPSA) is 219 Å². The van der Waals surface area contributed by atoms with Crippen LogP contribution in [0.15, 0.2) is 199 Å². The van der Waals surface area contributed by atoms with E-state index in [0.29, 0.717) is 49.1 Å². The van der Waals surface area contributed by atoms with Crippen molar-refractivity contribution in [3.8, 4) is 67.9 Å². The van der Waals surface area contributed by atoms with Gasteiger partial charge in [-0.2, -0.15) is 54.8 Å². The summed E-state index contributed by atoms with van der Waals surface area (Å²) in [5.41, 5.74) is -3.63. The van der Waals surface area contributed by atoms with Gasteiger partial charge in [0.05, 0.1) is 132 Å². The van der Waals surface area contributed by atoms with E-state index in [1.165, 1.54) is 97.5 Å². The largest absolute Gasteiger partial charge is 0.416 e. The molecule has 0 spiro atoms. The van der Waals surface area contributed by atoms with E-state index < -0.39 is 74.6 Å². The Morgan fingerprint density at radius 3 is 1.07 bits per heavy atom. The third-order valence-corrected chi connectivity index (χ3v) is 18.0. The van der Waals surface area contributed by atoms with Crippen LogP contribution in [-0.4, -0.2) is 61.9 Å². The molecule has 0 saturated carbocycles. The average molecular weight is 1580 g/mol. The Morgan fingerprint density at radius 2 is 0.738 bits per heavy atom. The molecular weight excluding hydrogens is 1520 g/mol. The third-order valence-electron chi connectivity index (χ3n) is 17.2. The maximum absolute atomic E-state index is 13.7. The van der Waals surface area contributed by atoms with E-state index in [-0.39, 0.29) is 81.7 Å². The lowest BCUT2D eigenvalue weighted by Crippen LogP contribution is -2.41. The number of rotatable bonds is 13. The monoisotopic (exact) mass is 1580 g/mol. The van der Waals surface area contributed by atoms with Gasteiger partial charge in [-0.05, 0) is 175 Å². The molecule has 0 radical (unpaired) electrons. The molecule has 0 bridgehead atoms. The van der Waals surface area contributed by atoms with Crippen LogP contribution < -0.4 is 33.7 Å². The molecule has 107 heavy (non-hydrogen) atoms. The number of benzene rings is 6. The highest BCUT2D eigenvalue weighted by Gasteiger charge is 2.36. The molecule has 0 aliphatic carbocycles. The highest BCUT2D eigenvalue weighted by atomic mass is 127. The quantitative estimate of drug-likeness (QED) is 0.0654. The molecule has 0 saturated heterocycles. The second-order valence-electron chi connectivity index (χ2n) is 24.2. The smallest absolute Gasteiger partial charge is 0.386 e. The van der Waals surface area contributed by atoms with E-state index in [2.05, 4.69) is 29.8 Å². The number of hydrogen-bond acceptors (Lipinski definition) is 10. The number of alkyl halides is 9. The predicted molar refractivity (Wildman–Crippen MR) is 390 cm³/mol. The van der Waals surface area contributed by atoms with Gasteiger partial charge in [0.15, 0.2) is 17.1 Å². The van der Waals surface area contributed by atoms with Crippen LogP contribution in [0.1, 0.15) is 74.0 Å². The molecule has 0 unspecified atom stereocenters. The SMILES string of the molecule is [C-]#[N+]c1ccc(-n2ncc(C(C)(C)O)c2-c2c(C)n(-c3cccc(C(F)(F)F)c3)c(=O)n(CC)c2=O)cc1.[C-]#[N+]c1ccc(-n2ncc(I)c2-c2c(C)n(-c3cccc(C(F)(F)F)c3)c(=O)n(CC)c2=O)cc1.[C-]#[N+]c1ccc(-n2nccc2-c2c(C)n(-c3cccc(C(F)(F)F)c3)c(=O)n(CC)c2=O)cc1. The molecule has 0 aliphatic rings. The molecule has 546 valence electrons. The van der Waals surface area contributed by atoms with Gasteiger partial charge in [-0.1, -0.05) is 54.6 Å². The summed E-state index contributed by atoms with van der Waals surface area (Å²) in [5, 5.41) is 24.0. The number of aromatic nitrogens is 12. The molecule has 12 aromatic rings.